The maximum absolute atomic E-state index is 4.89. The smallest absolute Gasteiger partial charge is 1.00 e. The van der Waals surface area contributed by atoms with Gasteiger partial charge in [-0.25, -0.2) is 0 Å². The van der Waals surface area contributed by atoms with Crippen LogP contribution in [0.2, 0.25) is 9.26 Å². The molecule has 0 aliphatic heterocycles. The molecule has 0 spiro atoms. The van der Waals surface area contributed by atoms with Crippen LogP contribution in [0, 0.1) is 11.8 Å². The van der Waals surface area contributed by atoms with E-state index >= 15 is 0 Å². The van der Waals surface area contributed by atoms with Crippen LogP contribution < -0.4 is 24.8 Å². The number of rotatable bonds is 10. The molecule has 0 nitrogen and oxygen atoms in total. The van der Waals surface area contributed by atoms with Crippen LogP contribution in [0.4, 0.5) is 0 Å². The van der Waals surface area contributed by atoms with Crippen molar-refractivity contribution in [3.63, 3.8) is 0 Å². The first kappa shape index (κ1) is 63.1. The Morgan fingerprint density at radius 2 is 0.510 bits per heavy atom. The molecule has 2 fully saturated rings. The van der Waals surface area contributed by atoms with Gasteiger partial charge in [0.25, 0.3) is 0 Å². The fourth-order valence-electron chi connectivity index (χ4n) is 19.7. The summed E-state index contributed by atoms with van der Waals surface area (Å²) in [4.78, 5) is 0. The van der Waals surface area contributed by atoms with Gasteiger partial charge in [0.15, 0.2) is 0 Å². The van der Waals surface area contributed by atoms with Crippen molar-refractivity contribution in [3.05, 3.63) is 276 Å². The maximum Gasteiger partial charge on any atom is -1.00 e. The number of hydrogen-bond donors (Lipinski definition) is 0. The Morgan fingerprint density at radius 1 is 0.292 bits per heavy atom. The molecule has 18 rings (SSSR count). The van der Waals surface area contributed by atoms with Crippen molar-refractivity contribution in [1.82, 2.24) is 0 Å². The van der Waals surface area contributed by atoms with Gasteiger partial charge in [0.1, 0.15) is 0 Å². The maximum atomic E-state index is 3.02. The largest absolute Gasteiger partial charge is 1.00 e. The molecule has 4 aliphatic rings. The third kappa shape index (κ3) is 10.5. The summed E-state index contributed by atoms with van der Waals surface area (Å²) in [5.74, 6) is 1.29. The second kappa shape index (κ2) is 25.3. The van der Waals surface area contributed by atoms with Crippen LogP contribution >= 0.6 is 0 Å². The zero-order valence-corrected chi connectivity index (χ0v) is 60.8. The van der Waals surface area contributed by atoms with Gasteiger partial charge in [-0.2, -0.15) is 0 Å². The van der Waals surface area contributed by atoms with Gasteiger partial charge in [-0.05, 0) is 0 Å². The Labute approximate surface area is 581 Å². The number of allylic oxidation sites excluding steroid dienone is 2. The average Bonchev–Trinajstić information content (AvgIpc) is 1.48. The fourth-order valence-corrected chi connectivity index (χ4v) is 39.2. The molecule has 0 radical (unpaired) electrons. The van der Waals surface area contributed by atoms with E-state index in [9.17, 15) is 0 Å². The molecule has 96 heavy (non-hydrogen) atoms. The van der Waals surface area contributed by atoms with E-state index in [1.54, 1.807) is 22.3 Å². The number of fused-ring (bicyclic) bond motifs is 10. The number of benzene rings is 14. The minimum Gasteiger partial charge on any atom is -1.00 e. The van der Waals surface area contributed by atoms with Crippen LogP contribution in [-0.2, 0) is 17.4 Å². The van der Waals surface area contributed by atoms with Gasteiger partial charge >= 0.3 is 561 Å². The van der Waals surface area contributed by atoms with Crippen LogP contribution in [0.3, 0.4) is 0 Å². The Bertz CT molecular complexity index is 5030. The van der Waals surface area contributed by atoms with Gasteiger partial charge in [-0.3, -0.25) is 0 Å². The minimum atomic E-state index is -4.89. The first-order chi connectivity index (χ1) is 46.2. The molecule has 0 bridgehead atoms. The summed E-state index contributed by atoms with van der Waals surface area (Å²) in [6, 6.07) is 94.9. The summed E-state index contributed by atoms with van der Waals surface area (Å²) in [5.41, 5.74) is 20.8. The standard InChI is InChI=1S/2C45H37.2CH3.2ClH.H2Si.Zr/c2*1-2-4-14-30(13-3-1)25-31-26-42-40(44-36-19-9-5-15-32(36)28-33-16-6-10-20-37(33)44)23-24-41(43(42)27-31)45-38-21-11-7-17-34(38)29-35-18-8-12-22-39(35)45;;;;;;/h2*5-12,15-24,26-30H,1-4,13-14,25H2;2*1H3;2*1H;1H2;/p-2. The van der Waals surface area contributed by atoms with E-state index in [2.05, 4.69) is 271 Å². The summed E-state index contributed by atoms with van der Waals surface area (Å²) < 4.78 is 6.52. The molecule has 474 valence electrons. The first-order valence-corrected chi connectivity index (χ1v) is 49.3. The van der Waals surface area contributed by atoms with Gasteiger partial charge in [0.2, 0.25) is 0 Å². The van der Waals surface area contributed by atoms with Crippen LogP contribution in [0.15, 0.2) is 254 Å². The van der Waals surface area contributed by atoms with Gasteiger partial charge in [0, 0.05) is 0 Å². The Morgan fingerprint density at radius 3 is 0.760 bits per heavy atom. The van der Waals surface area contributed by atoms with E-state index in [-0.39, 0.29) is 32.1 Å². The quantitative estimate of drug-likeness (QED) is 0.0727. The zero-order chi connectivity index (χ0) is 62.7. The van der Waals surface area contributed by atoms with Gasteiger partial charge in [-0.1, -0.05) is 0 Å². The molecular formula is C92H82Cl2SiZr-2. The fraction of sp³-hybridized carbons (Fsp3) is 0.217. The molecule has 0 N–H and O–H groups in total. The van der Waals surface area contributed by atoms with Crippen LogP contribution in [0.1, 0.15) is 119 Å². The molecule has 0 aromatic heterocycles. The molecular weight excluding hydrogens is 1300 g/mol. The molecule has 0 saturated heterocycles. The van der Waals surface area contributed by atoms with Crippen LogP contribution in [0.25, 0.3) is 143 Å². The zero-order valence-electron chi connectivity index (χ0n) is 55.4. The summed E-state index contributed by atoms with van der Waals surface area (Å²) in [6.45, 7) is 2.63. The van der Waals surface area contributed by atoms with E-state index in [1.807, 2.05) is 0 Å². The predicted molar refractivity (Wildman–Crippen MR) is 408 cm³/mol. The van der Waals surface area contributed by atoms with Crippen molar-refractivity contribution >= 4 is 105 Å². The summed E-state index contributed by atoms with van der Waals surface area (Å²) in [5, 5.41) is 21.2. The van der Waals surface area contributed by atoms with Gasteiger partial charge in [0.05, 0.1) is 0 Å². The normalized spacial score (nSPS) is 17.2. The number of halogens is 2. The second-order valence-corrected chi connectivity index (χ2v) is 60.6. The molecule has 4 heteroatoms. The van der Waals surface area contributed by atoms with Crippen molar-refractivity contribution in [2.45, 2.75) is 106 Å². The molecule has 0 amide bonds. The van der Waals surface area contributed by atoms with E-state index in [0.717, 1.165) is 12.8 Å². The van der Waals surface area contributed by atoms with Crippen LogP contribution in [-0.4, -0.2) is 6.88 Å². The second-order valence-electron chi connectivity index (χ2n) is 30.1. The van der Waals surface area contributed by atoms with Crippen LogP contribution in [0.5, 0.6) is 0 Å². The molecule has 2 atom stereocenters. The summed E-state index contributed by atoms with van der Waals surface area (Å²) >= 11 is -4.89. The van der Waals surface area contributed by atoms with Crippen molar-refractivity contribution in [2.24, 2.45) is 11.8 Å². The van der Waals surface area contributed by atoms with Gasteiger partial charge < -0.3 is 24.8 Å². The van der Waals surface area contributed by atoms with Crippen molar-refractivity contribution in [2.75, 3.05) is 0 Å². The Hall–Kier alpha value is -7.68. The molecule has 14 aromatic rings. The summed E-state index contributed by atoms with van der Waals surface area (Å²) in [7, 11) is 0. The van der Waals surface area contributed by atoms with Crippen molar-refractivity contribution in [1.29, 1.82) is 0 Å². The third-order valence-electron chi connectivity index (χ3n) is 23.6. The molecule has 4 aliphatic carbocycles. The predicted octanol–water partition coefficient (Wildman–Crippen LogP) is 20.2. The molecule has 14 aromatic carbocycles. The van der Waals surface area contributed by atoms with E-state index in [4.69, 9.17) is 0 Å². The molecule has 2 saturated carbocycles. The third-order valence-corrected chi connectivity index (χ3v) is 41.0. The average molecular weight is 1380 g/mol. The topological polar surface area (TPSA) is 0 Å². The SMILES string of the molecule is [CH3][Zr]([CH3])(=[SiH2])([CH]1C(CC2CCCCCC2)=Cc2c(-c3c4ccccc4cc4ccccc34)ccc(-c3c4ccccc4cc4ccccc34)c21)[CH]1C(CC2CCCCCC2)=Cc2c(-c3c4ccccc4cc4ccccc34)ccc(-c3c4ccccc4cc4ccccc34)c21.[Cl-].[Cl-]. The molecule has 0 heterocycles. The van der Waals surface area contributed by atoms with E-state index in [1.165, 1.54) is 219 Å². The Kier molecular flexibility index (Phi) is 16.6. The Balaban J connectivity index is 0.00000362. The van der Waals surface area contributed by atoms with Crippen molar-refractivity contribution in [3.8, 4) is 44.5 Å². The number of hydrogen-bond acceptors (Lipinski definition) is 0. The van der Waals surface area contributed by atoms with Crippen molar-refractivity contribution < 1.29 is 42.2 Å². The van der Waals surface area contributed by atoms with Gasteiger partial charge in [-0.15, -0.1) is 0 Å². The van der Waals surface area contributed by atoms with E-state index < -0.39 is 17.4 Å². The first-order valence-electron chi connectivity index (χ1n) is 35.6. The molecule has 2 unspecified atom stereocenters. The van der Waals surface area contributed by atoms with E-state index in [0.29, 0.717) is 11.8 Å². The minimum absolute atomic E-state index is 0. The monoisotopic (exact) mass is 1370 g/mol. The summed E-state index contributed by atoms with van der Waals surface area (Å²) in [6.07, 6.45) is 24.1.